The van der Waals surface area contributed by atoms with E-state index in [2.05, 4.69) is 4.98 Å². The third kappa shape index (κ3) is 6.35. The van der Waals surface area contributed by atoms with E-state index in [4.69, 9.17) is 9.47 Å². The van der Waals surface area contributed by atoms with Crippen LogP contribution < -0.4 is 4.74 Å². The first-order valence-electron chi connectivity index (χ1n) is 10.8. The van der Waals surface area contributed by atoms with Gasteiger partial charge in [-0.2, -0.15) is 13.2 Å². The molecule has 0 fully saturated rings. The number of thiazole rings is 1. The quantitative estimate of drug-likeness (QED) is 0.179. The van der Waals surface area contributed by atoms with Crippen molar-refractivity contribution in [3.8, 4) is 16.3 Å². The summed E-state index contributed by atoms with van der Waals surface area (Å²) in [5, 5.41) is 0.688. The summed E-state index contributed by atoms with van der Waals surface area (Å²) in [7, 11) is 0. The van der Waals surface area contributed by atoms with Crippen molar-refractivity contribution in [2.24, 2.45) is 0 Å². The number of halogens is 3. The van der Waals surface area contributed by atoms with Crippen molar-refractivity contribution in [2.75, 3.05) is 13.2 Å². The van der Waals surface area contributed by atoms with Crippen LogP contribution in [0.25, 0.3) is 20.8 Å². The number of carbonyl (C=O) groups excluding carboxylic acids is 1. The maximum Gasteiger partial charge on any atom is 0.416 e. The predicted molar refractivity (Wildman–Crippen MR) is 133 cm³/mol. The smallest absolute Gasteiger partial charge is 0.416 e. The molecule has 3 aromatic carbocycles. The number of alkyl halides is 3. The lowest BCUT2D eigenvalue weighted by Gasteiger charge is -2.10. The Bertz CT molecular complexity index is 1330. The molecule has 0 N–H and O–H groups in total. The summed E-state index contributed by atoms with van der Waals surface area (Å²) in [6.45, 7) is 3.87. The number of rotatable bonds is 8. The molecule has 0 saturated heterocycles. The van der Waals surface area contributed by atoms with Crippen LogP contribution in [0.4, 0.5) is 13.2 Å². The number of benzene rings is 3. The second-order valence-corrected chi connectivity index (χ2v) is 9.79. The molecule has 182 valence electrons. The second-order valence-electron chi connectivity index (χ2n) is 7.71. The minimum Gasteiger partial charge on any atom is -0.482 e. The molecule has 0 radical (unpaired) electrons. The van der Waals surface area contributed by atoms with Gasteiger partial charge in [0.25, 0.3) is 0 Å². The van der Waals surface area contributed by atoms with Crippen molar-refractivity contribution < 1.29 is 27.4 Å². The number of hydrogen-bond donors (Lipinski definition) is 0. The number of thioether (sulfide) groups is 1. The Morgan fingerprint density at radius 1 is 1.06 bits per heavy atom. The third-order valence-electron chi connectivity index (χ3n) is 5.11. The van der Waals surface area contributed by atoms with Crippen LogP contribution in [0.1, 0.15) is 23.6 Å². The van der Waals surface area contributed by atoms with Crippen LogP contribution in [0.3, 0.4) is 0 Å². The molecule has 1 heterocycles. The summed E-state index contributed by atoms with van der Waals surface area (Å²) < 4.78 is 49.9. The van der Waals surface area contributed by atoms with Crippen molar-refractivity contribution in [2.45, 2.75) is 30.7 Å². The largest absolute Gasteiger partial charge is 0.482 e. The highest BCUT2D eigenvalue weighted by atomic mass is 32.2. The van der Waals surface area contributed by atoms with Crippen LogP contribution in [-0.2, 0) is 21.5 Å². The molecule has 0 atom stereocenters. The molecular formula is C26H22F3NO3S2. The number of esters is 1. The SMILES string of the molecule is CCOC(=O)COc1ccc(SCc2ccc3sc(-c4ccc(C(F)(F)F)cc4)nc3c2)cc1C. The fourth-order valence-electron chi connectivity index (χ4n) is 3.37. The minimum absolute atomic E-state index is 0.122. The van der Waals surface area contributed by atoms with Crippen LogP contribution in [-0.4, -0.2) is 24.2 Å². The van der Waals surface area contributed by atoms with Crippen LogP contribution in [0.15, 0.2) is 65.6 Å². The number of ether oxygens (including phenoxy) is 2. The topological polar surface area (TPSA) is 48.4 Å². The minimum atomic E-state index is -4.35. The number of carbonyl (C=O) groups is 1. The summed E-state index contributed by atoms with van der Waals surface area (Å²) in [6, 6.07) is 16.9. The first-order valence-corrected chi connectivity index (χ1v) is 12.6. The molecule has 0 bridgehead atoms. The highest BCUT2D eigenvalue weighted by molar-refractivity contribution is 7.98. The van der Waals surface area contributed by atoms with Crippen molar-refractivity contribution in [3.05, 3.63) is 77.4 Å². The van der Waals surface area contributed by atoms with E-state index in [-0.39, 0.29) is 6.61 Å². The molecule has 4 aromatic rings. The van der Waals surface area contributed by atoms with E-state index in [9.17, 15) is 18.0 Å². The predicted octanol–water partition coefficient (Wildman–Crippen LogP) is 7.52. The number of aryl methyl sites for hydroxylation is 1. The number of hydrogen-bond acceptors (Lipinski definition) is 6. The summed E-state index contributed by atoms with van der Waals surface area (Å²) in [4.78, 5) is 17.2. The molecular weight excluding hydrogens is 495 g/mol. The molecule has 0 unspecified atom stereocenters. The van der Waals surface area contributed by atoms with Crippen LogP contribution >= 0.6 is 23.1 Å². The highest BCUT2D eigenvalue weighted by Crippen LogP contribution is 2.35. The monoisotopic (exact) mass is 517 g/mol. The lowest BCUT2D eigenvalue weighted by Crippen LogP contribution is -2.14. The molecule has 0 saturated carbocycles. The van der Waals surface area contributed by atoms with Gasteiger partial charge in [-0.3, -0.25) is 0 Å². The fourth-order valence-corrected chi connectivity index (χ4v) is 5.26. The van der Waals surface area contributed by atoms with Crippen LogP contribution in [0.5, 0.6) is 5.75 Å². The third-order valence-corrected chi connectivity index (χ3v) is 7.26. The van der Waals surface area contributed by atoms with Gasteiger partial charge in [0.05, 0.1) is 22.4 Å². The maximum absolute atomic E-state index is 12.8. The highest BCUT2D eigenvalue weighted by Gasteiger charge is 2.30. The van der Waals surface area contributed by atoms with Crippen LogP contribution in [0, 0.1) is 6.92 Å². The average molecular weight is 518 g/mol. The van der Waals surface area contributed by atoms with E-state index in [1.54, 1.807) is 18.7 Å². The molecule has 4 nitrogen and oxygen atoms in total. The summed E-state index contributed by atoms with van der Waals surface area (Å²) in [6.07, 6.45) is -4.35. The number of aromatic nitrogens is 1. The normalized spacial score (nSPS) is 11.6. The molecule has 4 rings (SSSR count). The zero-order valence-corrected chi connectivity index (χ0v) is 20.7. The van der Waals surface area contributed by atoms with Gasteiger partial charge in [0, 0.05) is 16.2 Å². The summed E-state index contributed by atoms with van der Waals surface area (Å²) in [5.41, 5.74) is 2.83. The first-order chi connectivity index (χ1) is 16.7. The van der Waals surface area contributed by atoms with E-state index >= 15 is 0 Å². The van der Waals surface area contributed by atoms with E-state index in [0.29, 0.717) is 22.9 Å². The number of nitrogens with zero attached hydrogens (tertiary/aromatic N) is 1. The molecule has 0 spiro atoms. The Hall–Kier alpha value is -3.04. The molecule has 1 aromatic heterocycles. The molecule has 0 aliphatic rings. The number of fused-ring (bicyclic) bond motifs is 1. The zero-order chi connectivity index (χ0) is 25.0. The molecule has 9 heteroatoms. The lowest BCUT2D eigenvalue weighted by molar-refractivity contribution is -0.145. The van der Waals surface area contributed by atoms with Gasteiger partial charge >= 0.3 is 12.1 Å². The summed E-state index contributed by atoms with van der Waals surface area (Å²) >= 11 is 3.12. The second kappa shape index (κ2) is 10.7. The summed E-state index contributed by atoms with van der Waals surface area (Å²) in [5.74, 6) is 0.970. The van der Waals surface area contributed by atoms with E-state index < -0.39 is 17.7 Å². The van der Waals surface area contributed by atoms with Gasteiger partial charge in [-0.15, -0.1) is 23.1 Å². The Labute approximate surface area is 209 Å². The Balaban J connectivity index is 1.41. The lowest BCUT2D eigenvalue weighted by atomic mass is 10.1. The fraction of sp³-hybridized carbons (Fsp3) is 0.231. The van der Waals surface area contributed by atoms with Crippen molar-refractivity contribution >= 4 is 39.3 Å². The Morgan fingerprint density at radius 3 is 2.51 bits per heavy atom. The van der Waals surface area contributed by atoms with Gasteiger partial charge in [-0.25, -0.2) is 9.78 Å². The van der Waals surface area contributed by atoms with E-state index in [0.717, 1.165) is 44.1 Å². The van der Waals surface area contributed by atoms with Crippen molar-refractivity contribution in [3.63, 3.8) is 0 Å². The van der Waals surface area contributed by atoms with E-state index in [1.807, 2.05) is 43.3 Å². The standard InChI is InChI=1S/C26H22F3NO3S2/c1-3-32-24(31)14-33-22-10-9-20(12-16(22)2)34-15-17-4-11-23-21(13-17)30-25(35-23)18-5-7-19(8-6-18)26(27,28)29/h4-13H,3,14-15H2,1-2H3. The Morgan fingerprint density at radius 2 is 1.83 bits per heavy atom. The first kappa shape index (κ1) is 25.1. The molecule has 35 heavy (non-hydrogen) atoms. The van der Waals surface area contributed by atoms with E-state index in [1.165, 1.54) is 23.5 Å². The van der Waals surface area contributed by atoms with Gasteiger partial charge in [0.15, 0.2) is 6.61 Å². The average Bonchev–Trinajstić information content (AvgIpc) is 3.25. The molecule has 0 aliphatic heterocycles. The zero-order valence-electron chi connectivity index (χ0n) is 19.0. The molecule has 0 aliphatic carbocycles. The van der Waals surface area contributed by atoms with Gasteiger partial charge in [-0.1, -0.05) is 18.2 Å². The van der Waals surface area contributed by atoms with Crippen LogP contribution in [0.2, 0.25) is 0 Å². The maximum atomic E-state index is 12.8. The van der Waals surface area contributed by atoms with Gasteiger partial charge < -0.3 is 9.47 Å². The van der Waals surface area contributed by atoms with Gasteiger partial charge in [-0.05, 0) is 67.4 Å². The molecule has 0 amide bonds. The van der Waals surface area contributed by atoms with Gasteiger partial charge in [0.2, 0.25) is 0 Å². The van der Waals surface area contributed by atoms with Crippen molar-refractivity contribution in [1.29, 1.82) is 0 Å². The Kier molecular flexibility index (Phi) is 7.66. The van der Waals surface area contributed by atoms with Crippen molar-refractivity contribution in [1.82, 2.24) is 4.98 Å². The van der Waals surface area contributed by atoms with Gasteiger partial charge in [0.1, 0.15) is 10.8 Å².